The molecule has 1 aromatic rings. The number of unbranched alkanes of at least 4 members (excludes halogenated alkanes) is 2. The summed E-state index contributed by atoms with van der Waals surface area (Å²) >= 11 is 6.47. The van der Waals surface area contributed by atoms with Crippen molar-refractivity contribution in [3.05, 3.63) is 34.1 Å². The van der Waals surface area contributed by atoms with E-state index in [1.807, 2.05) is 0 Å². The standard InChI is InChI=1S/C21H24BrFN4S2/c1-3-5-9-28-21(29-10-6-4-2)20(13-25)17(19(20,12-24)18(26)27-21)15-8-7-14(22)11-16(15)23/h7-8,11,17H,3-6,9-10H2,1-2H3,(H2,26,27). The third kappa shape index (κ3) is 3.10. The number of nitrogens with zero attached hydrogens (tertiary/aromatic N) is 3. The van der Waals surface area contributed by atoms with Gasteiger partial charge in [-0.25, -0.2) is 9.38 Å². The third-order valence-electron chi connectivity index (χ3n) is 5.79. The summed E-state index contributed by atoms with van der Waals surface area (Å²) in [5.41, 5.74) is 4.24. The predicted molar refractivity (Wildman–Crippen MR) is 122 cm³/mol. The molecule has 2 aliphatic rings. The number of hydrogen-bond donors (Lipinski definition) is 1. The lowest BCUT2D eigenvalue weighted by atomic mass is 9.97. The van der Waals surface area contributed by atoms with Gasteiger partial charge >= 0.3 is 0 Å². The van der Waals surface area contributed by atoms with Gasteiger partial charge in [-0.15, -0.1) is 23.5 Å². The van der Waals surface area contributed by atoms with Crippen LogP contribution in [0.3, 0.4) is 0 Å². The number of hydrogen-bond acceptors (Lipinski definition) is 6. The molecule has 1 heterocycles. The molecule has 1 fully saturated rings. The number of thioether (sulfide) groups is 2. The van der Waals surface area contributed by atoms with E-state index < -0.39 is 26.8 Å². The fourth-order valence-electron chi connectivity index (χ4n) is 4.27. The largest absolute Gasteiger partial charge is 0.386 e. The number of rotatable bonds is 9. The molecule has 3 unspecified atom stereocenters. The van der Waals surface area contributed by atoms with Gasteiger partial charge in [-0.1, -0.05) is 48.7 Å². The Kier molecular flexibility index (Phi) is 6.58. The number of nitrogens with two attached hydrogens (primary N) is 1. The lowest BCUT2D eigenvalue weighted by molar-refractivity contribution is 0.550. The second-order valence-corrected chi connectivity index (χ2v) is 11.2. The Balaban J connectivity index is 2.13. The van der Waals surface area contributed by atoms with Crippen LogP contribution in [0.2, 0.25) is 0 Å². The van der Waals surface area contributed by atoms with Crippen molar-refractivity contribution in [3.63, 3.8) is 0 Å². The van der Waals surface area contributed by atoms with Crippen molar-refractivity contribution in [1.29, 1.82) is 10.5 Å². The Labute approximate surface area is 188 Å². The summed E-state index contributed by atoms with van der Waals surface area (Å²) in [4.78, 5) is 4.75. The highest BCUT2D eigenvalue weighted by molar-refractivity contribution is 9.10. The van der Waals surface area contributed by atoms with E-state index in [4.69, 9.17) is 10.7 Å². The molecule has 29 heavy (non-hydrogen) atoms. The van der Waals surface area contributed by atoms with Crippen molar-refractivity contribution in [2.75, 3.05) is 11.5 Å². The first-order valence-corrected chi connectivity index (χ1v) is 12.6. The van der Waals surface area contributed by atoms with E-state index in [-0.39, 0.29) is 5.84 Å². The van der Waals surface area contributed by atoms with E-state index in [1.54, 1.807) is 35.7 Å². The minimum Gasteiger partial charge on any atom is -0.386 e. The minimum absolute atomic E-state index is 0.168. The summed E-state index contributed by atoms with van der Waals surface area (Å²) < 4.78 is 14.6. The summed E-state index contributed by atoms with van der Waals surface area (Å²) in [6.45, 7) is 4.22. The van der Waals surface area contributed by atoms with Gasteiger partial charge in [0.1, 0.15) is 22.5 Å². The number of nitriles is 2. The second-order valence-electron chi connectivity index (χ2n) is 7.42. The molecule has 3 atom stereocenters. The van der Waals surface area contributed by atoms with E-state index >= 15 is 0 Å². The first-order valence-electron chi connectivity index (χ1n) is 9.81. The average molecular weight is 495 g/mol. The fraction of sp³-hybridized carbons (Fsp3) is 0.571. The topological polar surface area (TPSA) is 86.0 Å². The van der Waals surface area contributed by atoms with Gasteiger partial charge in [-0.3, -0.25) is 0 Å². The Hall–Kier alpha value is -1.22. The molecule has 0 spiro atoms. The lowest BCUT2D eigenvalue weighted by Crippen LogP contribution is -2.32. The molecule has 0 aromatic heterocycles. The number of aliphatic imine (C=N–C) groups is 1. The summed E-state index contributed by atoms with van der Waals surface area (Å²) in [7, 11) is 0. The van der Waals surface area contributed by atoms with Gasteiger partial charge in [0, 0.05) is 10.4 Å². The SMILES string of the molecule is CCCCSC1(SCCCC)N=C(N)C2(C#N)C(c3ccc(Br)cc3F)C12C#N. The molecule has 0 amide bonds. The van der Waals surface area contributed by atoms with Gasteiger partial charge in [0.25, 0.3) is 0 Å². The van der Waals surface area contributed by atoms with Crippen molar-refractivity contribution in [2.45, 2.75) is 49.7 Å². The number of halogens is 2. The van der Waals surface area contributed by atoms with Crippen LogP contribution in [0.1, 0.15) is 51.0 Å². The summed E-state index contributed by atoms with van der Waals surface area (Å²) in [6.07, 6.45) is 4.01. The summed E-state index contributed by atoms with van der Waals surface area (Å²) in [6, 6.07) is 9.51. The molecule has 154 valence electrons. The lowest BCUT2D eigenvalue weighted by Gasteiger charge is -2.32. The highest BCUT2D eigenvalue weighted by Crippen LogP contribution is 2.85. The van der Waals surface area contributed by atoms with Crippen LogP contribution < -0.4 is 5.73 Å². The van der Waals surface area contributed by atoms with Gasteiger partial charge in [0.05, 0.1) is 12.1 Å². The van der Waals surface area contributed by atoms with Gasteiger partial charge in [-0.2, -0.15) is 10.5 Å². The Morgan fingerprint density at radius 3 is 2.28 bits per heavy atom. The molecule has 1 aromatic carbocycles. The third-order valence-corrected chi connectivity index (χ3v) is 9.59. The van der Waals surface area contributed by atoms with Crippen molar-refractivity contribution in [3.8, 4) is 12.1 Å². The second kappa shape index (κ2) is 8.49. The fourth-order valence-corrected chi connectivity index (χ4v) is 8.29. The number of amidine groups is 1. The molecule has 0 saturated heterocycles. The van der Waals surface area contributed by atoms with Crippen molar-refractivity contribution in [2.24, 2.45) is 21.6 Å². The first-order chi connectivity index (χ1) is 13.9. The zero-order valence-corrected chi connectivity index (χ0v) is 19.8. The summed E-state index contributed by atoms with van der Waals surface area (Å²) in [5.74, 6) is 0.738. The normalized spacial score (nSPS) is 28.9. The molecule has 1 aliphatic carbocycles. The highest BCUT2D eigenvalue weighted by atomic mass is 79.9. The molecule has 2 N–H and O–H groups in total. The van der Waals surface area contributed by atoms with Crippen molar-refractivity contribution >= 4 is 45.3 Å². The number of benzene rings is 1. The Morgan fingerprint density at radius 1 is 1.17 bits per heavy atom. The molecule has 8 heteroatoms. The monoisotopic (exact) mass is 494 g/mol. The quantitative estimate of drug-likeness (QED) is 0.346. The summed E-state index contributed by atoms with van der Waals surface area (Å²) in [5, 5.41) is 20.6. The molecule has 0 bridgehead atoms. The van der Waals surface area contributed by atoms with Gasteiger partial charge in [0.15, 0.2) is 4.20 Å². The van der Waals surface area contributed by atoms with Crippen LogP contribution in [0.15, 0.2) is 27.7 Å². The highest BCUT2D eigenvalue weighted by Gasteiger charge is 2.92. The van der Waals surface area contributed by atoms with E-state index in [1.165, 1.54) is 6.07 Å². The predicted octanol–water partition coefficient (Wildman–Crippen LogP) is 5.80. The Morgan fingerprint density at radius 2 is 1.79 bits per heavy atom. The van der Waals surface area contributed by atoms with E-state index in [0.29, 0.717) is 10.0 Å². The average Bonchev–Trinajstić information content (AvgIpc) is 3.26. The zero-order valence-electron chi connectivity index (χ0n) is 16.5. The molecule has 0 radical (unpaired) electrons. The van der Waals surface area contributed by atoms with Crippen LogP contribution in [0.25, 0.3) is 0 Å². The maximum atomic E-state index is 14.9. The van der Waals surface area contributed by atoms with Crippen molar-refractivity contribution < 1.29 is 4.39 Å². The molecule has 1 saturated carbocycles. The van der Waals surface area contributed by atoms with Crippen LogP contribution in [0, 0.1) is 39.3 Å². The van der Waals surface area contributed by atoms with Gasteiger partial charge in [-0.05, 0) is 42.0 Å². The zero-order chi connectivity index (χ0) is 21.3. The molecule has 3 rings (SSSR count). The van der Waals surface area contributed by atoms with Gasteiger partial charge < -0.3 is 5.73 Å². The van der Waals surface area contributed by atoms with Crippen LogP contribution in [-0.2, 0) is 0 Å². The maximum absolute atomic E-state index is 14.9. The smallest absolute Gasteiger partial charge is 0.175 e. The Bertz CT molecular complexity index is 899. The van der Waals surface area contributed by atoms with Gasteiger partial charge in [0.2, 0.25) is 0 Å². The van der Waals surface area contributed by atoms with Crippen LogP contribution >= 0.6 is 39.5 Å². The minimum atomic E-state index is -1.28. The van der Waals surface area contributed by atoms with Crippen LogP contribution in [0.5, 0.6) is 0 Å². The van der Waals surface area contributed by atoms with Crippen LogP contribution in [-0.4, -0.2) is 21.5 Å². The molecule has 4 nitrogen and oxygen atoms in total. The maximum Gasteiger partial charge on any atom is 0.175 e. The molecule has 1 aliphatic heterocycles. The van der Waals surface area contributed by atoms with E-state index in [2.05, 4.69) is 41.9 Å². The van der Waals surface area contributed by atoms with Crippen LogP contribution in [0.4, 0.5) is 4.39 Å². The molecular formula is C21H24BrFN4S2. The number of fused-ring (bicyclic) bond motifs is 1. The molecular weight excluding hydrogens is 471 g/mol. The van der Waals surface area contributed by atoms with E-state index in [9.17, 15) is 14.9 Å². The first kappa shape index (κ1) is 22.5. The van der Waals surface area contributed by atoms with E-state index in [0.717, 1.165) is 37.2 Å². The van der Waals surface area contributed by atoms with Crippen molar-refractivity contribution in [1.82, 2.24) is 0 Å².